The van der Waals surface area contributed by atoms with Gasteiger partial charge in [0, 0.05) is 0 Å². The molecule has 0 saturated carbocycles. The Labute approximate surface area is 747 Å². The molecule has 8 aliphatic carbocycles. The van der Waals surface area contributed by atoms with E-state index in [0.29, 0.717) is 0 Å². The van der Waals surface area contributed by atoms with Crippen LogP contribution in [-0.4, -0.2) is 50.9 Å². The fraction of sp³-hybridized carbons (Fsp3) is 0.345. The third kappa shape index (κ3) is 11.2. The summed E-state index contributed by atoms with van der Waals surface area (Å²) >= 11 is -8.11. The van der Waals surface area contributed by atoms with Gasteiger partial charge in [-0.1, -0.05) is 83.1 Å². The third-order valence-corrected chi connectivity index (χ3v) is 169. The Morgan fingerprint density at radius 2 is 0.472 bits per heavy atom. The summed E-state index contributed by atoms with van der Waals surface area (Å²) in [4.78, 5) is 0. The summed E-state index contributed by atoms with van der Waals surface area (Å²) in [5.41, 5.74) is 21.1. The third-order valence-electron chi connectivity index (χ3n) is 34.6. The summed E-state index contributed by atoms with van der Waals surface area (Å²) in [5.74, 6) is 3.25. The predicted molar refractivity (Wildman–Crippen MR) is 543 cm³/mol. The van der Waals surface area contributed by atoms with Crippen LogP contribution in [-0.2, 0) is 14.7 Å². The SMILES string of the molecule is CC1=CC2=C(C=CC=CC2c2ccc3cc(O[Si](C)(C)C(C)(C)C)ccc3c2)[C]12[SiH](C)[C]1(C(C)=CC3=C1C=CC=CC3c1ccc3cc(O[Si](C)(C)C(C)(C)C)ccc3c1)[Hf]21([Cl])([Cl])[C]2(C(C)=CC3=C2C=CC=CC3c2ccc3cc(O[Si](C)(C)C(C)(C)C)ccc3c2)[SiH](C)[C]12C(C)=CC1=C2C=CC=CC1c1ccc2cc(O[Si](C)(C)C(C)(C)C)ccc2c1. The quantitative estimate of drug-likeness (QED) is 0.114. The maximum absolute atomic E-state index is 11.8. The van der Waals surface area contributed by atoms with Crippen molar-refractivity contribution in [3.05, 3.63) is 356 Å². The van der Waals surface area contributed by atoms with Crippen molar-refractivity contribution in [3.8, 4) is 23.0 Å². The van der Waals surface area contributed by atoms with Gasteiger partial charge in [-0.15, -0.1) is 0 Å². The van der Waals surface area contributed by atoms with Crippen LogP contribution < -0.4 is 17.7 Å². The first kappa shape index (κ1) is 86.3. The molecular weight excluding hydrogens is 1800 g/mol. The van der Waals surface area contributed by atoms with E-state index in [1.807, 2.05) is 0 Å². The van der Waals surface area contributed by atoms with Gasteiger partial charge in [-0.3, -0.25) is 0 Å². The average molecular weight is 1930 g/mol. The summed E-state index contributed by atoms with van der Waals surface area (Å²) < 4.78 is 24.8. The molecule has 2 aliphatic heterocycles. The molecule has 13 heteroatoms. The molecule has 2 heterocycles. The number of hydrogen-bond donors (Lipinski definition) is 0. The topological polar surface area (TPSA) is 36.9 Å². The normalized spacial score (nSPS) is 27.9. The number of halogens is 2. The first-order valence-electron chi connectivity index (χ1n) is 45.3. The average Bonchev–Trinajstić information content (AvgIpc) is 1.51. The van der Waals surface area contributed by atoms with Crippen LogP contribution in [0.2, 0.25) is 96.8 Å². The Balaban J connectivity index is 0.919. The van der Waals surface area contributed by atoms with Crippen molar-refractivity contribution >= 4 is 111 Å². The van der Waals surface area contributed by atoms with E-state index in [9.17, 15) is 17.2 Å². The van der Waals surface area contributed by atoms with E-state index in [2.05, 4.69) is 443 Å². The summed E-state index contributed by atoms with van der Waals surface area (Å²) in [6, 6.07) is 56.1. The minimum absolute atomic E-state index is 0.0567. The Hall–Kier alpha value is -7.41. The molecule has 0 N–H and O–H groups in total. The molecule has 8 atom stereocenters. The molecule has 634 valence electrons. The maximum atomic E-state index is 11.8. The standard InChI is InChI=1S/2C55H64O2Si3.2ClH.Hf/c2*1-36-30-50-46(42-24-22-40-34-44(28-26-38(40)32-42)56-59(10,11)54(3,4)5)18-14-16-20-48(50)52(36)58(9)53-37(2)31-51-47(19-15-17-21-49(51)53)43-25-23-41-35-45(29-27-39(41)33-43)57-60(12,13)55(6,7)8;;;/h2*14-35,46-47,58H,1-13H3;2*1H;/q;;;;+2/p-2. The van der Waals surface area contributed by atoms with Crippen LogP contribution in [0.25, 0.3) is 43.1 Å². The van der Waals surface area contributed by atoms with Gasteiger partial charge in [0.25, 0.3) is 0 Å². The van der Waals surface area contributed by atoms with E-state index in [1.165, 1.54) is 132 Å². The van der Waals surface area contributed by atoms with Crippen LogP contribution >= 0.6 is 17.2 Å². The van der Waals surface area contributed by atoms with E-state index >= 15 is 0 Å². The van der Waals surface area contributed by atoms with Gasteiger partial charge in [0.1, 0.15) is 0 Å². The molecule has 0 amide bonds. The zero-order valence-corrected chi connectivity index (χ0v) is 89.2. The fourth-order valence-corrected chi connectivity index (χ4v) is 201. The fourth-order valence-electron chi connectivity index (χ4n) is 25.7. The second-order valence-electron chi connectivity index (χ2n) is 44.4. The van der Waals surface area contributed by atoms with Gasteiger partial charge >= 0.3 is 598 Å². The van der Waals surface area contributed by atoms with E-state index in [-0.39, 0.29) is 43.8 Å². The van der Waals surface area contributed by atoms with Crippen LogP contribution in [0.3, 0.4) is 0 Å². The summed E-state index contributed by atoms with van der Waals surface area (Å²) in [5, 5.41) is 9.70. The van der Waals surface area contributed by atoms with Crippen molar-refractivity contribution in [3.63, 3.8) is 0 Å². The molecule has 18 rings (SSSR count). The Bertz CT molecular complexity index is 5760. The molecule has 0 aromatic heterocycles. The van der Waals surface area contributed by atoms with E-state index < -0.39 is 76.7 Å². The predicted octanol–water partition coefficient (Wildman–Crippen LogP) is 32.9. The Kier molecular flexibility index (Phi) is 19.7. The van der Waals surface area contributed by atoms with Gasteiger partial charge in [0.2, 0.25) is 0 Å². The van der Waals surface area contributed by atoms with Crippen molar-refractivity contribution in [2.24, 2.45) is 0 Å². The molecule has 0 bridgehead atoms. The van der Waals surface area contributed by atoms with Crippen LogP contribution in [0.15, 0.2) is 334 Å². The minimum atomic E-state index is -8.11. The Morgan fingerprint density at radius 3 is 0.667 bits per heavy atom. The van der Waals surface area contributed by atoms with Gasteiger partial charge in [0.15, 0.2) is 0 Å². The van der Waals surface area contributed by atoms with Gasteiger partial charge in [-0.25, -0.2) is 0 Å². The van der Waals surface area contributed by atoms with Crippen LogP contribution in [0.4, 0.5) is 0 Å². The zero-order valence-electron chi connectivity index (χ0n) is 77.8. The van der Waals surface area contributed by atoms with Gasteiger partial charge in [0.05, 0.1) is 0 Å². The van der Waals surface area contributed by atoms with Gasteiger partial charge in [-0.05, 0) is 72.5 Å². The van der Waals surface area contributed by atoms with Crippen molar-refractivity contribution in [2.45, 2.75) is 231 Å². The van der Waals surface area contributed by atoms with Crippen molar-refractivity contribution in [1.82, 2.24) is 0 Å². The summed E-state index contributed by atoms with van der Waals surface area (Å²) in [6.45, 7) is 62.3. The molecule has 8 aromatic carbocycles. The van der Waals surface area contributed by atoms with Crippen molar-refractivity contribution < 1.29 is 32.4 Å². The number of benzene rings is 8. The molecule has 2 fully saturated rings. The Morgan fingerprint density at radius 1 is 0.285 bits per heavy atom. The van der Waals surface area contributed by atoms with E-state index in [1.54, 1.807) is 0 Å². The first-order chi connectivity index (χ1) is 57.5. The second kappa shape index (κ2) is 28.0. The number of rotatable bonds is 12. The molecular formula is C110H128Cl2HfO4Si6. The molecule has 8 unspecified atom stereocenters. The van der Waals surface area contributed by atoms with E-state index in [4.69, 9.17) is 17.7 Å². The molecule has 2 saturated heterocycles. The number of hydrogen-bond acceptors (Lipinski definition) is 4. The van der Waals surface area contributed by atoms with Gasteiger partial charge in [-0.2, -0.15) is 0 Å². The van der Waals surface area contributed by atoms with Crippen LogP contribution in [0, 0.1) is 0 Å². The number of allylic oxidation sites excluding steroid dienone is 32. The monoisotopic (exact) mass is 1930 g/mol. The summed E-state index contributed by atoms with van der Waals surface area (Å²) in [7, 11) is 9.70. The summed E-state index contributed by atoms with van der Waals surface area (Å²) in [6.07, 6.45) is 50.0. The molecule has 8 aromatic rings. The molecule has 10 aliphatic rings. The second-order valence-corrected chi connectivity index (χ2v) is 118. The zero-order chi connectivity index (χ0) is 88.0. The van der Waals surface area contributed by atoms with E-state index in [0.717, 1.165) is 23.0 Å². The van der Waals surface area contributed by atoms with Gasteiger partial charge < -0.3 is 0 Å². The molecule has 5 spiro atoms. The van der Waals surface area contributed by atoms with Crippen LogP contribution in [0.1, 0.15) is 157 Å². The first-order valence-corrected chi connectivity index (χ1v) is 77.7. The molecule has 123 heavy (non-hydrogen) atoms. The number of fused-ring (bicyclic) bond motifs is 12. The molecule has 4 nitrogen and oxygen atoms in total. The van der Waals surface area contributed by atoms with Crippen LogP contribution in [0.5, 0.6) is 23.0 Å². The van der Waals surface area contributed by atoms with Crippen molar-refractivity contribution in [2.75, 3.05) is 0 Å². The van der Waals surface area contributed by atoms with Crippen molar-refractivity contribution in [1.29, 1.82) is 0 Å². The molecule has 0 radical (unpaired) electrons.